The first-order valence-corrected chi connectivity index (χ1v) is 24.1. The minimum absolute atomic E-state index is 0. The first-order chi connectivity index (χ1) is 28.0. The van der Waals surface area contributed by atoms with E-state index in [0.29, 0.717) is 30.1 Å². The number of hydrogen-bond acceptors (Lipinski definition) is 10. The van der Waals surface area contributed by atoms with Gasteiger partial charge in [0.15, 0.2) is 6.61 Å². The van der Waals surface area contributed by atoms with Crippen LogP contribution in [0, 0.1) is 63.6 Å². The van der Waals surface area contributed by atoms with E-state index in [-0.39, 0.29) is 109 Å². The summed E-state index contributed by atoms with van der Waals surface area (Å²) in [5.41, 5.74) is -1.60. The maximum Gasteiger partial charge on any atom is 0.344 e. The fraction of sp³-hybridized carbons (Fsp3) is 0.911. The highest BCUT2D eigenvalue weighted by Crippen LogP contribution is 2.62. The Hall–Kier alpha value is -2.65. The van der Waals surface area contributed by atoms with Gasteiger partial charge in [0.2, 0.25) is 0 Å². The van der Waals surface area contributed by atoms with Gasteiger partial charge in [0.05, 0.1) is 22.2 Å². The van der Waals surface area contributed by atoms with Crippen molar-refractivity contribution in [1.29, 1.82) is 0 Å². The summed E-state index contributed by atoms with van der Waals surface area (Å²) in [4.78, 5) is 60.8. The molecule has 0 aromatic carbocycles. The highest BCUT2D eigenvalue weighted by molar-refractivity contribution is 5.80. The van der Waals surface area contributed by atoms with Crippen LogP contribution >= 0.6 is 0 Å². The van der Waals surface area contributed by atoms with Gasteiger partial charge >= 0.3 is 29.8 Å². The molecule has 7 aliphatic carbocycles. The van der Waals surface area contributed by atoms with Crippen LogP contribution < -0.4 is 0 Å². The average molecular weight is 939 g/mol. The molecular formula is C56H106O10. The lowest BCUT2D eigenvalue weighted by Crippen LogP contribution is -2.63. The minimum Gasteiger partial charge on any atom is -0.459 e. The third-order valence-corrected chi connectivity index (χ3v) is 16.8. The van der Waals surface area contributed by atoms with Crippen molar-refractivity contribution in [1.82, 2.24) is 0 Å². The van der Waals surface area contributed by atoms with E-state index in [4.69, 9.17) is 23.7 Å². The van der Waals surface area contributed by atoms with E-state index in [9.17, 15) is 24.0 Å². The third kappa shape index (κ3) is 14.2. The molecule has 5 atom stereocenters. The highest BCUT2D eigenvalue weighted by Gasteiger charge is 2.61. The van der Waals surface area contributed by atoms with E-state index in [0.717, 1.165) is 69.6 Å². The highest BCUT2D eigenvalue weighted by atomic mass is 16.6. The van der Waals surface area contributed by atoms with E-state index in [1.807, 2.05) is 41.5 Å². The van der Waals surface area contributed by atoms with Gasteiger partial charge in [-0.15, -0.1) is 0 Å². The van der Waals surface area contributed by atoms with Crippen molar-refractivity contribution in [3.8, 4) is 0 Å². The van der Waals surface area contributed by atoms with Gasteiger partial charge in [-0.1, -0.05) is 86.1 Å². The van der Waals surface area contributed by atoms with Crippen molar-refractivity contribution in [2.75, 3.05) is 6.61 Å². The van der Waals surface area contributed by atoms with Crippen molar-refractivity contribution < 1.29 is 47.7 Å². The Bertz CT molecular complexity index is 1510. The summed E-state index contributed by atoms with van der Waals surface area (Å²) in [5.74, 6) is 3.00. The Morgan fingerprint density at radius 3 is 1.53 bits per heavy atom. The Morgan fingerprint density at radius 2 is 1.08 bits per heavy atom. The number of carbonyl (C=O) groups excluding carboxylic acids is 5. The average Bonchev–Trinajstić information content (AvgIpc) is 3.61. The fourth-order valence-corrected chi connectivity index (χ4v) is 11.7. The maximum absolute atomic E-state index is 12.8. The van der Waals surface area contributed by atoms with Gasteiger partial charge in [-0.25, -0.2) is 4.79 Å². The van der Waals surface area contributed by atoms with Crippen LogP contribution in [-0.2, 0) is 47.7 Å². The second kappa shape index (κ2) is 25.8. The second-order valence-electron chi connectivity index (χ2n) is 22.3. The van der Waals surface area contributed by atoms with Crippen LogP contribution in [0.5, 0.6) is 0 Å². The third-order valence-electron chi connectivity index (χ3n) is 16.8. The lowest BCUT2D eigenvalue weighted by atomic mass is 9.47. The molecule has 9 rings (SSSR count). The lowest BCUT2D eigenvalue weighted by molar-refractivity contribution is -0.231. The van der Waals surface area contributed by atoms with E-state index >= 15 is 0 Å². The molecule has 8 bridgehead atoms. The van der Waals surface area contributed by atoms with Gasteiger partial charge in [0.25, 0.3) is 0 Å². The molecule has 5 unspecified atom stereocenters. The van der Waals surface area contributed by atoms with Gasteiger partial charge in [0, 0.05) is 5.92 Å². The van der Waals surface area contributed by atoms with Crippen LogP contribution in [0.25, 0.3) is 0 Å². The number of hydrogen-bond donors (Lipinski definition) is 0. The summed E-state index contributed by atoms with van der Waals surface area (Å²) in [6, 6.07) is 0. The number of rotatable bonds is 13. The molecule has 2 heterocycles. The molecule has 9 aliphatic rings. The Balaban J connectivity index is 0. The molecule has 0 aromatic heterocycles. The topological polar surface area (TPSA) is 132 Å². The van der Waals surface area contributed by atoms with E-state index in [2.05, 4.69) is 27.7 Å². The summed E-state index contributed by atoms with van der Waals surface area (Å²) >= 11 is 0. The molecule has 390 valence electrons. The van der Waals surface area contributed by atoms with Gasteiger partial charge in [-0.3, -0.25) is 19.2 Å². The minimum atomic E-state index is -0.615. The van der Waals surface area contributed by atoms with Crippen LogP contribution in [0.4, 0.5) is 0 Å². The van der Waals surface area contributed by atoms with Crippen LogP contribution in [0.1, 0.15) is 237 Å². The van der Waals surface area contributed by atoms with Gasteiger partial charge in [0.1, 0.15) is 23.4 Å². The van der Waals surface area contributed by atoms with Gasteiger partial charge in [-0.05, 0) is 186 Å². The molecule has 10 heteroatoms. The molecule has 2 saturated heterocycles. The quantitative estimate of drug-likeness (QED) is 0.130. The molecule has 2 aliphatic heterocycles. The Kier molecular flexibility index (Phi) is 25.6. The predicted octanol–water partition coefficient (Wildman–Crippen LogP) is 14.6. The van der Waals surface area contributed by atoms with Crippen LogP contribution in [0.15, 0.2) is 0 Å². The fourth-order valence-electron chi connectivity index (χ4n) is 11.7. The number of fused-ring (bicyclic) bond motifs is 1. The summed E-state index contributed by atoms with van der Waals surface area (Å²) in [6.45, 7) is 23.8. The zero-order valence-corrected chi connectivity index (χ0v) is 39.6. The van der Waals surface area contributed by atoms with E-state index in [1.54, 1.807) is 13.8 Å². The monoisotopic (exact) mass is 939 g/mol. The summed E-state index contributed by atoms with van der Waals surface area (Å²) in [5, 5.41) is 0. The zero-order chi connectivity index (χ0) is 44.4. The zero-order valence-electron chi connectivity index (χ0n) is 39.6. The van der Waals surface area contributed by atoms with Crippen LogP contribution in [0.3, 0.4) is 0 Å². The molecule has 10 nitrogen and oxygen atoms in total. The van der Waals surface area contributed by atoms with E-state index < -0.39 is 23.5 Å². The molecule has 0 spiro atoms. The van der Waals surface area contributed by atoms with Crippen LogP contribution in [0.2, 0.25) is 0 Å². The van der Waals surface area contributed by atoms with Crippen molar-refractivity contribution >= 4 is 29.8 Å². The van der Waals surface area contributed by atoms with Crippen molar-refractivity contribution in [3.63, 3.8) is 0 Å². The van der Waals surface area contributed by atoms with Gasteiger partial charge in [-0.2, -0.15) is 0 Å². The first-order valence-electron chi connectivity index (χ1n) is 24.1. The molecule has 7 saturated carbocycles. The molecular weight excluding hydrogens is 833 g/mol. The summed E-state index contributed by atoms with van der Waals surface area (Å²) < 4.78 is 28.3. The van der Waals surface area contributed by atoms with Gasteiger partial charge < -0.3 is 23.7 Å². The van der Waals surface area contributed by atoms with Crippen molar-refractivity contribution in [2.24, 2.45) is 63.6 Å². The summed E-state index contributed by atoms with van der Waals surface area (Å²) in [6.07, 6.45) is 17.0. The normalized spacial score (nSPS) is 30.4. The molecule has 0 aromatic rings. The van der Waals surface area contributed by atoms with Crippen molar-refractivity contribution in [3.05, 3.63) is 0 Å². The standard InChI is InChI=1S/C19H32O2.C18H26O6.C13H24O2.6CH4/c1-6-18(4,5)17(20)21-19(12(2)3)15-8-13-7-14(10-15)11-16(19)9-13;1-4-18(2,3)17(21)22-9-14(19)24-15-11-5-10-6-12(8-11)16(20)23-13(15)7-10;1-5-12(3,4)11(14)15-13(6-2)9-7-8-10-13;;;;;;/h12-16H,6-11H2,1-5H3;10-13,15H,4-9H2,1-3H3;5-10H2,1-4H3;6*1H4. The van der Waals surface area contributed by atoms with E-state index in [1.165, 1.54) is 44.9 Å². The molecule has 0 N–H and O–H groups in total. The Morgan fingerprint density at radius 1 is 0.621 bits per heavy atom. The summed E-state index contributed by atoms with van der Waals surface area (Å²) in [7, 11) is 0. The second-order valence-corrected chi connectivity index (χ2v) is 22.3. The molecule has 0 amide bonds. The smallest absolute Gasteiger partial charge is 0.344 e. The SMILES string of the molecule is C.C.C.C.C.C.CCC(C)(C)C(=O)OC1(C(C)C)C2CC3CC(C2)CC1C3.CCC(C)(C)C(=O)OCC(=O)OC1C2CC3CC(C2)C(=O)OC1C3.CCC1(OC(=O)C(C)(C)CC)CCCC1. The molecule has 9 fully saturated rings. The Labute approximate surface area is 406 Å². The maximum atomic E-state index is 12.8. The number of esters is 5. The number of ether oxygens (including phenoxy) is 5. The number of carbonyl (C=O) groups is 5. The first kappa shape index (κ1) is 65.4. The lowest BCUT2D eigenvalue weighted by Gasteiger charge is -2.62. The van der Waals surface area contributed by atoms with Crippen LogP contribution in [-0.4, -0.2) is 59.9 Å². The molecule has 0 radical (unpaired) electrons. The molecule has 66 heavy (non-hydrogen) atoms. The predicted molar refractivity (Wildman–Crippen MR) is 271 cm³/mol. The van der Waals surface area contributed by atoms with Crippen molar-refractivity contribution in [2.45, 2.75) is 260 Å². The largest absolute Gasteiger partial charge is 0.459 e.